The van der Waals surface area contributed by atoms with Crippen LogP contribution < -0.4 is 0 Å². The van der Waals surface area contributed by atoms with Crippen LogP contribution in [-0.4, -0.2) is 18.1 Å². The van der Waals surface area contributed by atoms with E-state index < -0.39 is 33.8 Å². The Morgan fingerprint density at radius 3 is 2.47 bits per heavy atom. The molecule has 2 atom stereocenters. The van der Waals surface area contributed by atoms with Crippen molar-refractivity contribution in [1.29, 1.82) is 4.78 Å². The second-order valence-corrected chi connectivity index (χ2v) is 5.86. The molecule has 0 saturated carbocycles. The lowest BCUT2D eigenvalue weighted by molar-refractivity contribution is -0.109. The van der Waals surface area contributed by atoms with Crippen molar-refractivity contribution < 1.29 is 17.6 Å². The number of alkyl halides is 3. The van der Waals surface area contributed by atoms with Crippen LogP contribution in [0.3, 0.4) is 0 Å². The number of halogens is 5. The highest BCUT2D eigenvalue weighted by Gasteiger charge is 2.44. The first-order valence-electron chi connectivity index (χ1n) is 5.11. The van der Waals surface area contributed by atoms with Crippen LogP contribution in [0.2, 0.25) is 5.02 Å². The van der Waals surface area contributed by atoms with Crippen LogP contribution in [0.25, 0.3) is 0 Å². The zero-order chi connectivity index (χ0) is 14.4. The SMILES string of the molecule is CN1C(C(F)(F)F)=CS(=N)C1c1ccc(Cl)cc1F. The maximum absolute atomic E-state index is 13.8. The predicted octanol–water partition coefficient (Wildman–Crippen LogP) is 4.21. The number of hydrogen-bond acceptors (Lipinski definition) is 2. The molecular weight excluding hydrogens is 304 g/mol. The lowest BCUT2D eigenvalue weighted by atomic mass is 10.2. The number of hydrogen-bond donors (Lipinski definition) is 1. The van der Waals surface area contributed by atoms with E-state index >= 15 is 0 Å². The van der Waals surface area contributed by atoms with Gasteiger partial charge in [0, 0.05) is 23.0 Å². The van der Waals surface area contributed by atoms with Crippen LogP contribution in [0, 0.1) is 10.6 Å². The summed E-state index contributed by atoms with van der Waals surface area (Å²) in [6.07, 6.45) is -4.54. The topological polar surface area (TPSA) is 27.1 Å². The van der Waals surface area contributed by atoms with Gasteiger partial charge in [-0.05, 0) is 12.1 Å². The molecule has 1 N–H and O–H groups in total. The first-order chi connectivity index (χ1) is 8.71. The van der Waals surface area contributed by atoms with Gasteiger partial charge in [-0.15, -0.1) is 0 Å². The minimum Gasteiger partial charge on any atom is -0.353 e. The first kappa shape index (κ1) is 14.3. The van der Waals surface area contributed by atoms with Crippen molar-refractivity contribution in [2.75, 3.05) is 7.05 Å². The van der Waals surface area contributed by atoms with Crippen LogP contribution in [0.4, 0.5) is 17.6 Å². The molecular formula is C11H9ClF4N2S. The van der Waals surface area contributed by atoms with Crippen molar-refractivity contribution in [2.45, 2.75) is 11.6 Å². The van der Waals surface area contributed by atoms with E-state index in [1.165, 1.54) is 19.2 Å². The Balaban J connectivity index is 2.41. The number of benzene rings is 1. The van der Waals surface area contributed by atoms with Gasteiger partial charge in [-0.1, -0.05) is 28.4 Å². The molecule has 2 rings (SSSR count). The molecule has 0 bridgehead atoms. The van der Waals surface area contributed by atoms with Crippen LogP contribution in [0.1, 0.15) is 10.9 Å². The molecule has 0 spiro atoms. The van der Waals surface area contributed by atoms with Crippen molar-refractivity contribution in [3.63, 3.8) is 0 Å². The molecule has 0 amide bonds. The smallest absolute Gasteiger partial charge is 0.353 e. The average Bonchev–Trinajstić information content (AvgIpc) is 2.55. The summed E-state index contributed by atoms with van der Waals surface area (Å²) in [5.74, 6) is -0.703. The number of nitrogens with one attached hydrogen (secondary N) is 1. The van der Waals surface area contributed by atoms with Crippen LogP contribution in [0.5, 0.6) is 0 Å². The van der Waals surface area contributed by atoms with Gasteiger partial charge >= 0.3 is 6.18 Å². The third-order valence-corrected chi connectivity index (χ3v) is 4.49. The first-order valence-corrected chi connectivity index (χ1v) is 6.84. The van der Waals surface area contributed by atoms with Gasteiger partial charge in [0.1, 0.15) is 16.9 Å². The quantitative estimate of drug-likeness (QED) is 0.773. The molecule has 0 aromatic heterocycles. The fourth-order valence-electron chi connectivity index (χ4n) is 1.88. The summed E-state index contributed by atoms with van der Waals surface area (Å²) in [6.45, 7) is 0. The summed E-state index contributed by atoms with van der Waals surface area (Å²) in [5, 5.41) is 0.00304. The molecule has 1 aromatic carbocycles. The van der Waals surface area contributed by atoms with Gasteiger partial charge in [-0.25, -0.2) is 4.39 Å². The maximum Gasteiger partial charge on any atom is 0.431 e. The Morgan fingerprint density at radius 2 is 2.00 bits per heavy atom. The molecule has 0 saturated heterocycles. The molecule has 19 heavy (non-hydrogen) atoms. The van der Waals surface area contributed by atoms with Gasteiger partial charge in [-0.3, -0.25) is 4.78 Å². The van der Waals surface area contributed by atoms with Crippen LogP contribution in [0.15, 0.2) is 29.3 Å². The normalized spacial score (nSPS) is 23.7. The molecule has 2 nitrogen and oxygen atoms in total. The fraction of sp³-hybridized carbons (Fsp3) is 0.273. The molecule has 1 aliphatic heterocycles. The Labute approximate surface area is 114 Å². The van der Waals surface area contributed by atoms with Crippen molar-refractivity contribution in [3.8, 4) is 0 Å². The van der Waals surface area contributed by atoms with Crippen molar-refractivity contribution >= 4 is 22.3 Å². The summed E-state index contributed by atoms with van der Waals surface area (Å²) >= 11 is 5.61. The molecule has 0 aliphatic carbocycles. The summed E-state index contributed by atoms with van der Waals surface area (Å²) in [5.41, 5.74) is -0.870. The highest BCUT2D eigenvalue weighted by Crippen LogP contribution is 2.42. The average molecular weight is 313 g/mol. The van der Waals surface area contributed by atoms with E-state index in [2.05, 4.69) is 0 Å². The zero-order valence-electron chi connectivity index (χ0n) is 9.63. The van der Waals surface area contributed by atoms with Gasteiger partial charge in [0.25, 0.3) is 0 Å². The second-order valence-electron chi connectivity index (χ2n) is 4.00. The van der Waals surface area contributed by atoms with E-state index in [1.54, 1.807) is 0 Å². The molecule has 2 unspecified atom stereocenters. The van der Waals surface area contributed by atoms with Gasteiger partial charge in [0.15, 0.2) is 0 Å². The van der Waals surface area contributed by atoms with Gasteiger partial charge < -0.3 is 4.90 Å². The van der Waals surface area contributed by atoms with E-state index in [0.29, 0.717) is 0 Å². The standard InChI is InChI=1S/C11H9ClF4N2S/c1-18-9(11(14,15)16)5-19(17)10(18)7-3-2-6(12)4-8(7)13/h2-5,10,17H,1H3. The molecule has 0 radical (unpaired) electrons. The number of allylic oxidation sites excluding steroid dienone is 1. The van der Waals surface area contributed by atoms with Crippen molar-refractivity contribution in [1.82, 2.24) is 4.90 Å². The van der Waals surface area contributed by atoms with Crippen LogP contribution >= 0.6 is 11.6 Å². The van der Waals surface area contributed by atoms with E-state index in [-0.39, 0.29) is 10.6 Å². The molecule has 0 fully saturated rings. The maximum atomic E-state index is 13.8. The molecule has 1 aliphatic rings. The molecule has 1 aromatic rings. The van der Waals surface area contributed by atoms with E-state index in [4.69, 9.17) is 16.4 Å². The third kappa shape index (κ3) is 2.62. The van der Waals surface area contributed by atoms with Gasteiger partial charge in [0.05, 0.1) is 0 Å². The van der Waals surface area contributed by atoms with Crippen LogP contribution in [-0.2, 0) is 10.7 Å². The lowest BCUT2D eigenvalue weighted by Gasteiger charge is -2.26. The minimum atomic E-state index is -4.54. The monoisotopic (exact) mass is 312 g/mol. The Bertz CT molecular complexity index is 570. The van der Waals surface area contributed by atoms with E-state index in [0.717, 1.165) is 16.4 Å². The van der Waals surface area contributed by atoms with E-state index in [1.807, 2.05) is 0 Å². The highest BCUT2D eigenvalue weighted by molar-refractivity contribution is 7.89. The third-order valence-electron chi connectivity index (χ3n) is 2.73. The van der Waals surface area contributed by atoms with E-state index in [9.17, 15) is 17.6 Å². The number of nitrogens with zero attached hydrogens (tertiary/aromatic N) is 1. The minimum absolute atomic E-state index is 0.0423. The summed E-state index contributed by atoms with van der Waals surface area (Å²) < 4.78 is 59.7. The van der Waals surface area contributed by atoms with Crippen molar-refractivity contribution in [3.05, 3.63) is 45.7 Å². The Morgan fingerprint density at radius 1 is 1.37 bits per heavy atom. The summed E-state index contributed by atoms with van der Waals surface area (Å²) in [7, 11) is -0.266. The Hall–Kier alpha value is -1.08. The summed E-state index contributed by atoms with van der Waals surface area (Å²) in [4.78, 5) is 0.891. The zero-order valence-corrected chi connectivity index (χ0v) is 11.2. The predicted molar refractivity (Wildman–Crippen MR) is 66.1 cm³/mol. The van der Waals surface area contributed by atoms with Gasteiger partial charge in [0.2, 0.25) is 0 Å². The lowest BCUT2D eigenvalue weighted by Crippen LogP contribution is -2.28. The van der Waals surface area contributed by atoms with Crippen molar-refractivity contribution in [2.24, 2.45) is 0 Å². The highest BCUT2D eigenvalue weighted by atomic mass is 35.5. The molecule has 8 heteroatoms. The fourth-order valence-corrected chi connectivity index (χ4v) is 3.63. The largest absolute Gasteiger partial charge is 0.431 e. The Kier molecular flexibility index (Phi) is 3.61. The second kappa shape index (κ2) is 4.79. The summed E-state index contributed by atoms with van der Waals surface area (Å²) in [6, 6.07) is 3.75. The molecule has 1 heterocycles. The number of rotatable bonds is 1. The van der Waals surface area contributed by atoms with Gasteiger partial charge in [-0.2, -0.15) is 13.2 Å². The molecule has 104 valence electrons.